The summed E-state index contributed by atoms with van der Waals surface area (Å²) in [6.45, 7) is 0. The Morgan fingerprint density at radius 3 is 2.47 bits per heavy atom. The van der Waals surface area contributed by atoms with Gasteiger partial charge in [0.1, 0.15) is 0 Å². The molecule has 1 saturated carbocycles. The van der Waals surface area contributed by atoms with Crippen molar-refractivity contribution in [1.29, 1.82) is 0 Å². The van der Waals surface area contributed by atoms with Gasteiger partial charge in [-0.1, -0.05) is 28.8 Å². The maximum atomic E-state index is 5.76. The summed E-state index contributed by atoms with van der Waals surface area (Å²) in [5, 5.41) is 8.30. The largest absolute Gasteiger partial charge is 0.420 e. The summed E-state index contributed by atoms with van der Waals surface area (Å²) in [6, 6.07) is 7.93. The van der Waals surface area contributed by atoms with Crippen molar-refractivity contribution in [2.45, 2.75) is 31.6 Å². The van der Waals surface area contributed by atoms with E-state index in [-0.39, 0.29) is 0 Å². The summed E-state index contributed by atoms with van der Waals surface area (Å²) >= 11 is 3.41. The highest BCUT2D eigenvalue weighted by atomic mass is 79.9. The van der Waals surface area contributed by atoms with Crippen molar-refractivity contribution in [3.63, 3.8) is 0 Å². The normalized spacial score (nSPS) is 16.5. The van der Waals surface area contributed by atoms with Gasteiger partial charge in [-0.2, -0.15) is 0 Å². The molecule has 17 heavy (non-hydrogen) atoms. The maximum absolute atomic E-state index is 5.76. The van der Waals surface area contributed by atoms with Crippen molar-refractivity contribution in [2.24, 2.45) is 0 Å². The van der Waals surface area contributed by atoms with E-state index >= 15 is 0 Å². The second-order valence-corrected chi connectivity index (χ2v) is 5.35. The lowest BCUT2D eigenvalue weighted by atomic mass is 10.1. The fraction of sp³-hybridized carbons (Fsp3) is 0.385. The Bertz CT molecular complexity index is 500. The Hall–Kier alpha value is -1.16. The first-order chi connectivity index (χ1) is 8.33. The molecule has 0 saturated heterocycles. The standard InChI is InChI=1S/C13H13BrN2O/c14-11-7-5-10(6-8-11)13-16-15-12(17-13)9-3-1-2-4-9/h5-9H,1-4H2. The highest BCUT2D eigenvalue weighted by molar-refractivity contribution is 9.10. The number of benzene rings is 1. The van der Waals surface area contributed by atoms with E-state index in [1.54, 1.807) is 0 Å². The van der Waals surface area contributed by atoms with Crippen molar-refractivity contribution in [1.82, 2.24) is 10.2 Å². The van der Waals surface area contributed by atoms with Crippen LogP contribution in [0.1, 0.15) is 37.5 Å². The van der Waals surface area contributed by atoms with Gasteiger partial charge in [0, 0.05) is 16.0 Å². The van der Waals surface area contributed by atoms with Gasteiger partial charge in [-0.3, -0.25) is 0 Å². The van der Waals surface area contributed by atoms with Gasteiger partial charge in [0.05, 0.1) is 0 Å². The van der Waals surface area contributed by atoms with Gasteiger partial charge in [0.15, 0.2) is 0 Å². The Kier molecular flexibility index (Phi) is 2.97. The molecule has 0 N–H and O–H groups in total. The zero-order chi connectivity index (χ0) is 11.7. The summed E-state index contributed by atoms with van der Waals surface area (Å²) in [7, 11) is 0. The second-order valence-electron chi connectivity index (χ2n) is 4.43. The van der Waals surface area contributed by atoms with Gasteiger partial charge in [-0.25, -0.2) is 0 Å². The fourth-order valence-corrected chi connectivity index (χ4v) is 2.55. The molecule has 0 bridgehead atoms. The van der Waals surface area contributed by atoms with E-state index < -0.39 is 0 Å². The van der Waals surface area contributed by atoms with Gasteiger partial charge >= 0.3 is 0 Å². The molecule has 0 spiro atoms. The van der Waals surface area contributed by atoms with Crippen LogP contribution in [0.15, 0.2) is 33.2 Å². The molecular weight excluding hydrogens is 280 g/mol. The maximum Gasteiger partial charge on any atom is 0.247 e. The molecule has 1 aliphatic rings. The monoisotopic (exact) mass is 292 g/mol. The third-order valence-electron chi connectivity index (χ3n) is 3.24. The van der Waals surface area contributed by atoms with Crippen LogP contribution in [0.2, 0.25) is 0 Å². The Morgan fingerprint density at radius 1 is 1.06 bits per heavy atom. The number of aromatic nitrogens is 2. The van der Waals surface area contributed by atoms with Crippen molar-refractivity contribution in [3.8, 4) is 11.5 Å². The van der Waals surface area contributed by atoms with Crippen LogP contribution in [0.3, 0.4) is 0 Å². The Labute approximate surface area is 108 Å². The molecule has 0 aliphatic heterocycles. The van der Waals surface area contributed by atoms with E-state index in [0.717, 1.165) is 15.9 Å². The van der Waals surface area contributed by atoms with Crippen molar-refractivity contribution in [3.05, 3.63) is 34.6 Å². The average Bonchev–Trinajstić information content (AvgIpc) is 3.00. The smallest absolute Gasteiger partial charge is 0.247 e. The van der Waals surface area contributed by atoms with Crippen LogP contribution < -0.4 is 0 Å². The number of hydrogen-bond donors (Lipinski definition) is 0. The van der Waals surface area contributed by atoms with E-state index in [9.17, 15) is 0 Å². The minimum Gasteiger partial charge on any atom is -0.420 e. The SMILES string of the molecule is Brc1ccc(-c2nnc(C3CCCC3)o2)cc1. The summed E-state index contributed by atoms with van der Waals surface area (Å²) in [6.07, 6.45) is 4.92. The van der Waals surface area contributed by atoms with E-state index in [2.05, 4.69) is 26.1 Å². The molecule has 1 fully saturated rings. The van der Waals surface area contributed by atoms with Gasteiger partial charge in [0.25, 0.3) is 0 Å². The van der Waals surface area contributed by atoms with Crippen LogP contribution in [0.4, 0.5) is 0 Å². The van der Waals surface area contributed by atoms with Crippen molar-refractivity contribution in [2.75, 3.05) is 0 Å². The highest BCUT2D eigenvalue weighted by Gasteiger charge is 2.22. The predicted molar refractivity (Wildman–Crippen MR) is 68.6 cm³/mol. The highest BCUT2D eigenvalue weighted by Crippen LogP contribution is 2.34. The molecule has 3 nitrogen and oxygen atoms in total. The minimum atomic E-state index is 0.478. The van der Waals surface area contributed by atoms with Crippen molar-refractivity contribution < 1.29 is 4.42 Å². The van der Waals surface area contributed by atoms with Crippen LogP contribution in [-0.4, -0.2) is 10.2 Å². The van der Waals surface area contributed by atoms with Gasteiger partial charge in [-0.05, 0) is 37.1 Å². The molecule has 0 atom stereocenters. The lowest BCUT2D eigenvalue weighted by molar-refractivity contribution is 0.457. The Morgan fingerprint density at radius 2 is 1.76 bits per heavy atom. The molecule has 0 unspecified atom stereocenters. The molecule has 1 aliphatic carbocycles. The van der Waals surface area contributed by atoms with Crippen LogP contribution >= 0.6 is 15.9 Å². The lowest BCUT2D eigenvalue weighted by Gasteiger charge is -2.00. The molecule has 1 aromatic heterocycles. The number of hydrogen-bond acceptors (Lipinski definition) is 3. The Balaban J connectivity index is 1.86. The number of nitrogens with zero attached hydrogens (tertiary/aromatic N) is 2. The third-order valence-corrected chi connectivity index (χ3v) is 3.76. The second kappa shape index (κ2) is 4.61. The van der Waals surface area contributed by atoms with Crippen LogP contribution in [0, 0.1) is 0 Å². The van der Waals surface area contributed by atoms with E-state index in [4.69, 9.17) is 4.42 Å². The summed E-state index contributed by atoms with van der Waals surface area (Å²) in [5.41, 5.74) is 0.977. The molecule has 4 heteroatoms. The van der Waals surface area contributed by atoms with Gasteiger partial charge < -0.3 is 4.42 Å². The molecular formula is C13H13BrN2O. The van der Waals surface area contributed by atoms with E-state index in [1.807, 2.05) is 24.3 Å². The first kappa shape index (κ1) is 11.0. The minimum absolute atomic E-state index is 0.478. The molecule has 1 aromatic carbocycles. The van der Waals surface area contributed by atoms with Crippen LogP contribution in [0.25, 0.3) is 11.5 Å². The third kappa shape index (κ3) is 2.27. The summed E-state index contributed by atoms with van der Waals surface area (Å²) in [5.74, 6) is 1.91. The number of halogens is 1. The predicted octanol–water partition coefficient (Wildman–Crippen LogP) is 4.16. The zero-order valence-electron chi connectivity index (χ0n) is 9.40. The first-order valence-electron chi connectivity index (χ1n) is 5.92. The summed E-state index contributed by atoms with van der Waals surface area (Å²) in [4.78, 5) is 0. The first-order valence-corrected chi connectivity index (χ1v) is 6.71. The van der Waals surface area contributed by atoms with E-state index in [1.165, 1.54) is 25.7 Å². The average molecular weight is 293 g/mol. The van der Waals surface area contributed by atoms with Crippen LogP contribution in [-0.2, 0) is 0 Å². The van der Waals surface area contributed by atoms with Gasteiger partial charge in [0.2, 0.25) is 11.8 Å². The molecule has 88 valence electrons. The zero-order valence-corrected chi connectivity index (χ0v) is 11.0. The van der Waals surface area contributed by atoms with Crippen LogP contribution in [0.5, 0.6) is 0 Å². The fourth-order valence-electron chi connectivity index (χ4n) is 2.28. The summed E-state index contributed by atoms with van der Waals surface area (Å²) < 4.78 is 6.81. The molecule has 0 amide bonds. The molecule has 0 radical (unpaired) electrons. The van der Waals surface area contributed by atoms with E-state index in [0.29, 0.717) is 11.8 Å². The van der Waals surface area contributed by atoms with Crippen molar-refractivity contribution >= 4 is 15.9 Å². The van der Waals surface area contributed by atoms with Gasteiger partial charge in [-0.15, -0.1) is 10.2 Å². The quantitative estimate of drug-likeness (QED) is 0.834. The molecule has 1 heterocycles. The molecule has 3 rings (SSSR count). The lowest BCUT2D eigenvalue weighted by Crippen LogP contribution is -1.91. The number of rotatable bonds is 2. The topological polar surface area (TPSA) is 38.9 Å². The molecule has 2 aromatic rings.